The van der Waals surface area contributed by atoms with E-state index in [0.717, 1.165) is 12.2 Å². The maximum atomic E-state index is 9.14. The third-order valence-electron chi connectivity index (χ3n) is 0.333. The zero-order valence-corrected chi connectivity index (χ0v) is 13.5. The Hall–Kier alpha value is 1.07. The van der Waals surface area contributed by atoms with Gasteiger partial charge in [0.1, 0.15) is 0 Å². The van der Waals surface area contributed by atoms with Crippen LogP contribution in [0.25, 0.3) is 0 Å². The van der Waals surface area contributed by atoms with Crippen LogP contribution in [-0.2, 0) is 9.59 Å². The first-order chi connectivity index (χ1) is 4.54. The zero-order valence-electron chi connectivity index (χ0n) is 7.20. The molecule has 0 radical (unpaired) electrons. The van der Waals surface area contributed by atoms with Crippen molar-refractivity contribution in [1.82, 2.24) is 0 Å². The maximum Gasteiger partial charge on any atom is 1.00 e. The molecule has 0 amide bonds. The Morgan fingerprint density at radius 2 is 1.08 bits per heavy atom. The first kappa shape index (κ1) is 23.1. The summed E-state index contributed by atoms with van der Waals surface area (Å²) in [4.78, 5) is 18.3. The van der Waals surface area contributed by atoms with Gasteiger partial charge in [-0.2, -0.15) is 0 Å². The molecule has 0 aromatic heterocycles. The van der Waals surface area contributed by atoms with Crippen LogP contribution in [0.2, 0.25) is 0 Å². The van der Waals surface area contributed by atoms with Gasteiger partial charge in [0, 0.05) is 0 Å². The molecule has 0 N–H and O–H groups in total. The summed E-state index contributed by atoms with van der Waals surface area (Å²) >= 11 is 0. The summed E-state index contributed by atoms with van der Waals surface area (Å²) < 4.78 is 0. The summed E-state index contributed by atoms with van der Waals surface area (Å²) in [6, 6.07) is 0. The molecule has 6 heteroatoms. The van der Waals surface area contributed by atoms with Crippen molar-refractivity contribution in [3.63, 3.8) is 0 Å². The van der Waals surface area contributed by atoms with Crippen molar-refractivity contribution in [2.75, 3.05) is 0 Å². The maximum absolute atomic E-state index is 9.14. The Morgan fingerprint density at radius 3 is 1.08 bits per heavy atom. The van der Waals surface area contributed by atoms with Crippen LogP contribution < -0.4 is 98.0 Å². The zero-order chi connectivity index (χ0) is 8.57. The van der Waals surface area contributed by atoms with Gasteiger partial charge < -0.3 is 19.8 Å². The Kier molecular flexibility index (Phi) is 34.7. The Balaban J connectivity index is -0.0000000457. The summed E-state index contributed by atoms with van der Waals surface area (Å²) in [6.07, 6.45) is 1.44. The van der Waals surface area contributed by atoms with Crippen LogP contribution >= 0.6 is 0 Å². The number of carbonyl (C=O) groups is 2. The molecule has 0 heterocycles. The number of hydrogen-bond donors (Lipinski definition) is 0. The van der Waals surface area contributed by atoms with E-state index in [9.17, 15) is 0 Å². The first-order valence-corrected chi connectivity index (χ1v) is 2.21. The van der Waals surface area contributed by atoms with E-state index in [4.69, 9.17) is 19.8 Å². The fourth-order valence-electron chi connectivity index (χ4n) is 0. The van der Waals surface area contributed by atoms with E-state index >= 15 is 0 Å². The van der Waals surface area contributed by atoms with Crippen LogP contribution in [0.3, 0.4) is 0 Å². The molecule has 0 aromatic rings. The van der Waals surface area contributed by atoms with Crippen molar-refractivity contribution in [2.24, 2.45) is 0 Å². The van der Waals surface area contributed by atoms with Gasteiger partial charge >= 0.3 is 87.8 Å². The van der Waals surface area contributed by atoms with Gasteiger partial charge in [-0.25, -0.2) is 0 Å². The molecule has 0 aliphatic heterocycles. The second-order valence-corrected chi connectivity index (χ2v) is 1.05. The molecule has 0 atom stereocenters. The molecule has 0 bridgehead atoms. The fraction of sp³-hybridized carbons (Fsp3) is 0. The minimum Gasteiger partial charge on any atom is -0.545 e. The monoisotopic (exact) mass is 282 g/mol. The van der Waals surface area contributed by atoms with Crippen LogP contribution in [0.15, 0.2) is 25.3 Å². The Labute approximate surface area is 142 Å². The topological polar surface area (TPSA) is 80.3 Å². The van der Waals surface area contributed by atoms with Crippen molar-refractivity contribution in [3.05, 3.63) is 25.3 Å². The molecule has 12 heavy (non-hydrogen) atoms. The van der Waals surface area contributed by atoms with Crippen LogP contribution in [0.5, 0.6) is 0 Å². The van der Waals surface area contributed by atoms with Gasteiger partial charge in [-0.1, -0.05) is 13.2 Å². The van der Waals surface area contributed by atoms with E-state index < -0.39 is 11.9 Å². The molecule has 0 fully saturated rings. The second kappa shape index (κ2) is 18.0. The molecule has 0 aliphatic carbocycles. The normalized spacial score (nSPS) is 5.33. The third kappa shape index (κ3) is 43.7. The average molecular weight is 282 g/mol. The molecule has 56 valence electrons. The number of aliphatic carboxylic acids is 2. The Bertz CT molecular complexity index is 140. The Morgan fingerprint density at radius 1 is 1.00 bits per heavy atom. The van der Waals surface area contributed by atoms with E-state index in [1.165, 1.54) is 0 Å². The van der Waals surface area contributed by atoms with Crippen molar-refractivity contribution in [2.45, 2.75) is 0 Å². The third-order valence-corrected chi connectivity index (χ3v) is 0.333. The summed E-state index contributed by atoms with van der Waals surface area (Å²) in [7, 11) is 0. The van der Waals surface area contributed by atoms with Crippen LogP contribution in [0.1, 0.15) is 0 Å². The quantitative estimate of drug-likeness (QED) is 0.372. The second-order valence-electron chi connectivity index (χ2n) is 1.05. The smallest absolute Gasteiger partial charge is 0.545 e. The molecule has 0 unspecified atom stereocenters. The molecule has 0 spiro atoms. The number of carboxylic acid groups (broad SMARTS) is 2. The molecular weight excluding hydrogens is 276 g/mol. The molecular formula is C6H6CsLiO4. The summed E-state index contributed by atoms with van der Waals surface area (Å²) in [5.41, 5.74) is 0. The van der Waals surface area contributed by atoms with Gasteiger partial charge in [0.25, 0.3) is 0 Å². The van der Waals surface area contributed by atoms with E-state index in [1.54, 1.807) is 0 Å². The number of carboxylic acids is 2. The number of carbonyl (C=O) groups excluding carboxylic acids is 2. The molecule has 4 nitrogen and oxygen atoms in total. The van der Waals surface area contributed by atoms with Crippen molar-refractivity contribution >= 4 is 11.9 Å². The molecule has 0 aromatic carbocycles. The van der Waals surface area contributed by atoms with Gasteiger partial charge in [-0.15, -0.1) is 0 Å². The largest absolute Gasteiger partial charge is 1.00 e. The van der Waals surface area contributed by atoms with Crippen molar-refractivity contribution in [1.29, 1.82) is 0 Å². The van der Waals surface area contributed by atoms with Crippen LogP contribution in [0.4, 0.5) is 0 Å². The van der Waals surface area contributed by atoms with E-state index in [-0.39, 0.29) is 87.8 Å². The van der Waals surface area contributed by atoms with Crippen molar-refractivity contribution in [3.8, 4) is 0 Å². The van der Waals surface area contributed by atoms with Crippen LogP contribution in [0, 0.1) is 0 Å². The number of rotatable bonds is 2. The van der Waals surface area contributed by atoms with Gasteiger partial charge in [-0.05, 0) is 12.2 Å². The standard InChI is InChI=1S/2C3H4O2.Cs.Li/c2*1-2-3(4)5;;/h2*2H,1H2,(H,4,5);;/q;;2*+1/p-2. The number of hydrogen-bond acceptors (Lipinski definition) is 4. The van der Waals surface area contributed by atoms with Gasteiger partial charge in [-0.3, -0.25) is 0 Å². The fourth-order valence-corrected chi connectivity index (χ4v) is 0. The summed E-state index contributed by atoms with van der Waals surface area (Å²) in [5, 5.41) is 18.3. The van der Waals surface area contributed by atoms with E-state index in [2.05, 4.69) is 13.2 Å². The summed E-state index contributed by atoms with van der Waals surface area (Å²) in [5.74, 6) is -2.46. The van der Waals surface area contributed by atoms with Crippen molar-refractivity contribution < 1.29 is 108 Å². The molecule has 0 saturated carbocycles. The van der Waals surface area contributed by atoms with Gasteiger partial charge in [0.2, 0.25) is 0 Å². The molecule has 0 aliphatic rings. The molecule has 0 rings (SSSR count). The predicted molar refractivity (Wildman–Crippen MR) is 30.4 cm³/mol. The summed E-state index contributed by atoms with van der Waals surface area (Å²) in [6.45, 7) is 5.80. The molecule has 0 saturated heterocycles. The van der Waals surface area contributed by atoms with Gasteiger partial charge in [0.15, 0.2) is 0 Å². The minimum atomic E-state index is -1.23. The van der Waals surface area contributed by atoms with Gasteiger partial charge in [0.05, 0.1) is 11.9 Å². The van der Waals surface area contributed by atoms with E-state index in [1.807, 2.05) is 0 Å². The van der Waals surface area contributed by atoms with Crippen LogP contribution in [-0.4, -0.2) is 11.9 Å². The predicted octanol–water partition coefficient (Wildman–Crippen LogP) is -8.15. The minimum absolute atomic E-state index is 0. The SMILES string of the molecule is C=CC(=O)[O-].C=CC(=O)[O-].[Cs+].[Li+]. The first-order valence-electron chi connectivity index (χ1n) is 2.21. The van der Waals surface area contributed by atoms with E-state index in [0.29, 0.717) is 0 Å². The average Bonchev–Trinajstić information content (AvgIpc) is 1.89.